The highest BCUT2D eigenvalue weighted by atomic mass is 35.5. The summed E-state index contributed by atoms with van der Waals surface area (Å²) in [6, 6.07) is -0.282. The molecule has 2 aromatic rings. The van der Waals surface area contributed by atoms with Crippen molar-refractivity contribution < 1.29 is 0 Å². The fraction of sp³-hybridized carbons (Fsp3) is 0.545. The van der Waals surface area contributed by atoms with Gasteiger partial charge in [0.1, 0.15) is 5.69 Å². The first kappa shape index (κ1) is 13.0. The van der Waals surface area contributed by atoms with E-state index in [4.69, 9.17) is 11.6 Å². The van der Waals surface area contributed by atoms with Gasteiger partial charge in [0, 0.05) is 6.54 Å². The zero-order chi connectivity index (χ0) is 14.1. The van der Waals surface area contributed by atoms with Crippen LogP contribution in [-0.4, -0.2) is 30.4 Å². The SMILES string of the molecule is CC(Nc1c(Cl)cnn(CC2CC2)c1=O)c1nn[nH]n1. The molecule has 3 rings (SSSR count). The number of hydrogen-bond acceptors (Lipinski definition) is 6. The van der Waals surface area contributed by atoms with E-state index in [1.807, 2.05) is 6.92 Å². The largest absolute Gasteiger partial charge is 0.369 e. The Balaban J connectivity index is 1.85. The molecule has 1 saturated carbocycles. The van der Waals surface area contributed by atoms with Crippen molar-refractivity contribution in [3.8, 4) is 0 Å². The summed E-state index contributed by atoms with van der Waals surface area (Å²) in [5.74, 6) is 1.02. The second kappa shape index (κ2) is 5.20. The Morgan fingerprint density at radius 3 is 3.05 bits per heavy atom. The van der Waals surface area contributed by atoms with E-state index in [0.29, 0.717) is 24.0 Å². The number of tetrazole rings is 1. The number of hydrogen-bond donors (Lipinski definition) is 2. The highest BCUT2D eigenvalue weighted by Gasteiger charge is 2.24. The molecule has 0 aliphatic heterocycles. The minimum absolute atomic E-state index is 0.222. The van der Waals surface area contributed by atoms with Crippen LogP contribution < -0.4 is 10.9 Å². The van der Waals surface area contributed by atoms with Crippen LogP contribution >= 0.6 is 11.6 Å². The van der Waals surface area contributed by atoms with Gasteiger partial charge >= 0.3 is 0 Å². The average molecular weight is 296 g/mol. The third-order valence-corrected chi connectivity index (χ3v) is 3.52. The quantitative estimate of drug-likeness (QED) is 0.853. The second-order valence-electron chi connectivity index (χ2n) is 4.93. The topological polar surface area (TPSA) is 101 Å². The molecule has 1 fully saturated rings. The van der Waals surface area contributed by atoms with Crippen LogP contribution in [0, 0.1) is 5.92 Å². The van der Waals surface area contributed by atoms with Crippen molar-refractivity contribution in [3.63, 3.8) is 0 Å². The molecule has 20 heavy (non-hydrogen) atoms. The lowest BCUT2D eigenvalue weighted by Gasteiger charge is -2.13. The van der Waals surface area contributed by atoms with E-state index < -0.39 is 0 Å². The van der Waals surface area contributed by atoms with Gasteiger partial charge in [0.15, 0.2) is 5.82 Å². The van der Waals surface area contributed by atoms with E-state index in [1.165, 1.54) is 10.9 Å². The van der Waals surface area contributed by atoms with Crippen LogP contribution in [0.1, 0.15) is 31.6 Å². The number of anilines is 1. The van der Waals surface area contributed by atoms with Crippen molar-refractivity contribution in [2.24, 2.45) is 5.92 Å². The Morgan fingerprint density at radius 2 is 2.40 bits per heavy atom. The molecule has 0 saturated heterocycles. The van der Waals surface area contributed by atoms with Crippen LogP contribution in [0.25, 0.3) is 0 Å². The smallest absolute Gasteiger partial charge is 0.291 e. The van der Waals surface area contributed by atoms with Crippen molar-refractivity contribution in [2.45, 2.75) is 32.4 Å². The van der Waals surface area contributed by atoms with E-state index in [-0.39, 0.29) is 16.6 Å². The summed E-state index contributed by atoms with van der Waals surface area (Å²) in [6.07, 6.45) is 3.79. The highest BCUT2D eigenvalue weighted by molar-refractivity contribution is 6.33. The Hall–Kier alpha value is -1.96. The lowest BCUT2D eigenvalue weighted by atomic mass is 10.3. The third kappa shape index (κ3) is 2.64. The van der Waals surface area contributed by atoms with Crippen LogP contribution in [0.2, 0.25) is 5.02 Å². The lowest BCUT2D eigenvalue weighted by molar-refractivity contribution is 0.534. The Bertz CT molecular complexity index is 649. The van der Waals surface area contributed by atoms with Crippen molar-refractivity contribution in [3.05, 3.63) is 27.4 Å². The first-order valence-electron chi connectivity index (χ1n) is 6.40. The fourth-order valence-corrected chi connectivity index (χ4v) is 2.09. The predicted molar refractivity (Wildman–Crippen MR) is 72.4 cm³/mol. The summed E-state index contributed by atoms with van der Waals surface area (Å²) in [5, 5.41) is 21.0. The molecule has 1 unspecified atom stereocenters. The number of rotatable bonds is 5. The molecule has 2 N–H and O–H groups in total. The minimum Gasteiger partial charge on any atom is -0.369 e. The molecule has 0 bridgehead atoms. The van der Waals surface area contributed by atoms with Gasteiger partial charge in [-0.3, -0.25) is 4.79 Å². The molecule has 0 spiro atoms. The maximum absolute atomic E-state index is 12.3. The average Bonchev–Trinajstić information content (AvgIpc) is 3.07. The monoisotopic (exact) mass is 295 g/mol. The number of aromatic nitrogens is 6. The Morgan fingerprint density at radius 1 is 1.60 bits per heavy atom. The maximum atomic E-state index is 12.3. The van der Waals surface area contributed by atoms with E-state index >= 15 is 0 Å². The van der Waals surface area contributed by atoms with Crippen LogP contribution in [-0.2, 0) is 6.54 Å². The van der Waals surface area contributed by atoms with Crippen molar-refractivity contribution in [1.29, 1.82) is 0 Å². The zero-order valence-corrected chi connectivity index (χ0v) is 11.6. The summed E-state index contributed by atoms with van der Waals surface area (Å²) in [5.41, 5.74) is 0.0966. The first-order valence-corrected chi connectivity index (χ1v) is 6.78. The lowest BCUT2D eigenvalue weighted by Crippen LogP contribution is -2.27. The molecule has 0 radical (unpaired) electrons. The van der Waals surface area contributed by atoms with E-state index in [1.54, 1.807) is 0 Å². The molecule has 0 aromatic carbocycles. The van der Waals surface area contributed by atoms with Crippen LogP contribution in [0.5, 0.6) is 0 Å². The number of aromatic amines is 1. The molecule has 8 nitrogen and oxygen atoms in total. The molecule has 2 aromatic heterocycles. The summed E-state index contributed by atoms with van der Waals surface area (Å²) in [4.78, 5) is 12.3. The Kier molecular flexibility index (Phi) is 3.39. The molecule has 1 aliphatic carbocycles. The van der Waals surface area contributed by atoms with Crippen molar-refractivity contribution >= 4 is 17.3 Å². The van der Waals surface area contributed by atoms with Gasteiger partial charge in [-0.1, -0.05) is 16.8 Å². The molecule has 0 amide bonds. The Labute approximate surface area is 119 Å². The van der Waals surface area contributed by atoms with Crippen LogP contribution in [0.3, 0.4) is 0 Å². The standard InChI is InChI=1S/C11H14ClN7O/c1-6(10-15-17-18-16-10)14-9-8(12)4-13-19(11(9)20)5-7-2-3-7/h4,6-7,14H,2-3,5H2,1H3,(H,15,16,17,18). The van der Waals surface area contributed by atoms with Crippen molar-refractivity contribution in [2.75, 3.05) is 5.32 Å². The van der Waals surface area contributed by atoms with Gasteiger partial charge in [-0.15, -0.1) is 10.2 Å². The molecule has 9 heteroatoms. The molecule has 1 aliphatic rings. The number of nitrogens with one attached hydrogen (secondary N) is 2. The maximum Gasteiger partial charge on any atom is 0.291 e. The molecule has 1 atom stereocenters. The molecule has 2 heterocycles. The van der Waals surface area contributed by atoms with E-state index in [2.05, 4.69) is 31.0 Å². The zero-order valence-electron chi connectivity index (χ0n) is 10.9. The summed E-state index contributed by atoms with van der Waals surface area (Å²) in [6.45, 7) is 2.47. The van der Waals surface area contributed by atoms with Gasteiger partial charge in [-0.05, 0) is 25.7 Å². The first-order chi connectivity index (χ1) is 9.65. The highest BCUT2D eigenvalue weighted by Crippen LogP contribution is 2.30. The van der Waals surface area contributed by atoms with E-state index in [0.717, 1.165) is 12.8 Å². The normalized spacial score (nSPS) is 16.1. The third-order valence-electron chi connectivity index (χ3n) is 3.24. The minimum atomic E-state index is -0.282. The number of nitrogens with zero attached hydrogens (tertiary/aromatic N) is 5. The van der Waals surface area contributed by atoms with Gasteiger partial charge in [-0.25, -0.2) is 4.68 Å². The second-order valence-corrected chi connectivity index (χ2v) is 5.34. The van der Waals surface area contributed by atoms with Gasteiger partial charge in [0.2, 0.25) is 0 Å². The summed E-state index contributed by atoms with van der Waals surface area (Å²) < 4.78 is 1.45. The fourth-order valence-electron chi connectivity index (χ4n) is 1.91. The van der Waals surface area contributed by atoms with Gasteiger partial charge in [-0.2, -0.15) is 10.3 Å². The van der Waals surface area contributed by atoms with Gasteiger partial charge < -0.3 is 5.32 Å². The predicted octanol–water partition coefficient (Wildman–Crippen LogP) is 0.993. The van der Waals surface area contributed by atoms with Crippen LogP contribution in [0.15, 0.2) is 11.0 Å². The van der Waals surface area contributed by atoms with Crippen LogP contribution in [0.4, 0.5) is 5.69 Å². The van der Waals surface area contributed by atoms with Gasteiger partial charge in [0.25, 0.3) is 5.56 Å². The summed E-state index contributed by atoms with van der Waals surface area (Å²) in [7, 11) is 0. The molecule has 106 valence electrons. The number of halogens is 1. The molecular weight excluding hydrogens is 282 g/mol. The van der Waals surface area contributed by atoms with Crippen molar-refractivity contribution in [1.82, 2.24) is 30.4 Å². The molecular formula is C11H14ClN7O. The van der Waals surface area contributed by atoms with Gasteiger partial charge in [0.05, 0.1) is 17.3 Å². The number of H-pyrrole nitrogens is 1. The summed E-state index contributed by atoms with van der Waals surface area (Å²) >= 11 is 6.06. The van der Waals surface area contributed by atoms with E-state index in [9.17, 15) is 4.79 Å².